The van der Waals surface area contributed by atoms with Gasteiger partial charge in [-0.1, -0.05) is 12.1 Å². The van der Waals surface area contributed by atoms with Gasteiger partial charge in [0.2, 0.25) is 10.0 Å². The topological polar surface area (TPSA) is 73.2 Å². The smallest absolute Gasteiger partial charge is 0.404 e. The molecule has 6 nitrogen and oxygen atoms in total. The van der Waals surface area contributed by atoms with E-state index in [4.69, 9.17) is 0 Å². The number of halogens is 3. The monoisotopic (exact) mass is 349 g/mol. The number of aromatic nitrogens is 2. The van der Waals surface area contributed by atoms with Crippen LogP contribution in [0, 0.1) is 0 Å². The van der Waals surface area contributed by atoms with E-state index in [-0.39, 0.29) is 6.54 Å². The SMILES string of the molecule is C[C@H](Cn1ccnc1)NS(=O)(=O)c1ccccc1OC(F)(F)F. The van der Waals surface area contributed by atoms with Gasteiger partial charge in [0.1, 0.15) is 10.6 Å². The first kappa shape index (κ1) is 17.3. The maximum Gasteiger partial charge on any atom is 0.573 e. The normalized spacial score (nSPS) is 13.7. The molecule has 0 spiro atoms. The van der Waals surface area contributed by atoms with Crippen LogP contribution < -0.4 is 9.46 Å². The van der Waals surface area contributed by atoms with Crippen molar-refractivity contribution in [2.24, 2.45) is 0 Å². The minimum atomic E-state index is -4.98. The Balaban J connectivity index is 2.19. The Bertz CT molecular complexity index is 745. The van der Waals surface area contributed by atoms with E-state index in [0.29, 0.717) is 0 Å². The summed E-state index contributed by atoms with van der Waals surface area (Å²) in [4.78, 5) is 3.25. The number of hydrogen-bond donors (Lipinski definition) is 1. The number of hydrogen-bond acceptors (Lipinski definition) is 4. The summed E-state index contributed by atoms with van der Waals surface area (Å²) in [5.74, 6) is -0.776. The molecule has 23 heavy (non-hydrogen) atoms. The standard InChI is InChI=1S/C13H14F3N3O3S/c1-10(8-19-7-6-17-9-19)18-23(20,21)12-5-3-2-4-11(12)22-13(14,15)16/h2-7,9-10,18H,8H2,1H3/t10-/m1/s1. The fourth-order valence-corrected chi connectivity index (χ4v) is 3.32. The minimum absolute atomic E-state index is 0.279. The molecule has 0 radical (unpaired) electrons. The van der Waals surface area contributed by atoms with Gasteiger partial charge in [0.15, 0.2) is 0 Å². The third kappa shape index (κ3) is 4.96. The van der Waals surface area contributed by atoms with Crippen LogP contribution in [0.3, 0.4) is 0 Å². The molecule has 0 amide bonds. The number of rotatable bonds is 6. The first-order chi connectivity index (χ1) is 10.7. The predicted octanol–water partition coefficient (Wildman–Crippen LogP) is 2.15. The number of alkyl halides is 3. The molecule has 1 aromatic heterocycles. The number of para-hydroxylation sites is 1. The van der Waals surface area contributed by atoms with Crippen LogP contribution in [0.15, 0.2) is 47.9 Å². The number of benzene rings is 1. The highest BCUT2D eigenvalue weighted by atomic mass is 32.2. The summed E-state index contributed by atoms with van der Waals surface area (Å²) in [6, 6.07) is 4.01. The summed E-state index contributed by atoms with van der Waals surface area (Å²) in [7, 11) is -4.17. The summed E-state index contributed by atoms with van der Waals surface area (Å²) in [5, 5.41) is 0. The molecule has 0 aliphatic rings. The number of nitrogens with one attached hydrogen (secondary N) is 1. The first-order valence-corrected chi connectivity index (χ1v) is 7.98. The van der Waals surface area contributed by atoms with Gasteiger partial charge in [-0.15, -0.1) is 13.2 Å². The van der Waals surface area contributed by atoms with E-state index in [2.05, 4.69) is 14.4 Å². The lowest BCUT2D eigenvalue weighted by Crippen LogP contribution is -2.36. The highest BCUT2D eigenvalue weighted by Crippen LogP contribution is 2.29. The molecular formula is C13H14F3N3O3S. The van der Waals surface area contributed by atoms with Gasteiger partial charge in [0, 0.05) is 25.0 Å². The predicted molar refractivity (Wildman–Crippen MR) is 75.1 cm³/mol. The molecule has 1 heterocycles. The van der Waals surface area contributed by atoms with Crippen molar-refractivity contribution in [3.63, 3.8) is 0 Å². The molecule has 2 aromatic rings. The second kappa shape index (κ2) is 6.59. The maximum absolute atomic E-state index is 12.4. The van der Waals surface area contributed by atoms with Gasteiger partial charge in [-0.25, -0.2) is 18.1 Å². The molecule has 0 fully saturated rings. The Hall–Kier alpha value is -2.07. The molecule has 10 heteroatoms. The van der Waals surface area contributed by atoms with Gasteiger partial charge in [-0.3, -0.25) is 0 Å². The highest BCUT2D eigenvalue weighted by Gasteiger charge is 2.34. The molecule has 0 unspecified atom stereocenters. The van der Waals surface area contributed by atoms with Crippen molar-refractivity contribution in [2.45, 2.75) is 30.8 Å². The van der Waals surface area contributed by atoms with Gasteiger partial charge in [0.05, 0.1) is 6.33 Å². The van der Waals surface area contributed by atoms with Crippen molar-refractivity contribution in [3.8, 4) is 5.75 Å². The Morgan fingerprint density at radius 1 is 1.35 bits per heavy atom. The zero-order chi connectivity index (χ0) is 17.1. The largest absolute Gasteiger partial charge is 0.573 e. The second-order valence-electron chi connectivity index (χ2n) is 4.78. The summed E-state index contributed by atoms with van der Waals surface area (Å²) < 4.78 is 69.4. The fourth-order valence-electron chi connectivity index (χ4n) is 1.96. The van der Waals surface area contributed by atoms with Crippen molar-refractivity contribution in [1.82, 2.24) is 14.3 Å². The van der Waals surface area contributed by atoms with Crippen LogP contribution in [0.1, 0.15) is 6.92 Å². The maximum atomic E-state index is 12.4. The van der Waals surface area contributed by atoms with Crippen LogP contribution in [-0.2, 0) is 16.6 Å². The van der Waals surface area contributed by atoms with Gasteiger partial charge < -0.3 is 9.30 Å². The van der Waals surface area contributed by atoms with E-state index in [0.717, 1.165) is 12.1 Å². The lowest BCUT2D eigenvalue weighted by atomic mass is 10.3. The molecule has 0 aliphatic carbocycles. The molecular weight excluding hydrogens is 335 g/mol. The summed E-state index contributed by atoms with van der Waals surface area (Å²) in [6.45, 7) is 1.87. The number of ether oxygens (including phenoxy) is 1. The molecule has 0 saturated heterocycles. The number of imidazole rings is 1. The number of sulfonamides is 1. The Morgan fingerprint density at radius 2 is 2.04 bits per heavy atom. The van der Waals surface area contributed by atoms with Gasteiger partial charge in [0.25, 0.3) is 0 Å². The van der Waals surface area contributed by atoms with E-state index in [1.165, 1.54) is 24.7 Å². The molecule has 1 aromatic carbocycles. The first-order valence-electron chi connectivity index (χ1n) is 6.50. The van der Waals surface area contributed by atoms with Crippen LogP contribution in [-0.4, -0.2) is 30.4 Å². The van der Waals surface area contributed by atoms with E-state index >= 15 is 0 Å². The molecule has 0 aliphatic heterocycles. The third-order valence-corrected chi connectivity index (χ3v) is 4.39. The quantitative estimate of drug-likeness (QED) is 0.867. The van der Waals surface area contributed by atoms with Gasteiger partial charge in [-0.05, 0) is 19.1 Å². The third-order valence-electron chi connectivity index (χ3n) is 2.76. The summed E-state index contributed by atoms with van der Waals surface area (Å²) in [6.07, 6.45) is -0.293. The minimum Gasteiger partial charge on any atom is -0.404 e. The van der Waals surface area contributed by atoms with Crippen LogP contribution in [0.5, 0.6) is 5.75 Å². The second-order valence-corrected chi connectivity index (χ2v) is 6.46. The van der Waals surface area contributed by atoms with E-state index in [1.807, 2.05) is 0 Å². The molecule has 1 atom stereocenters. The van der Waals surface area contributed by atoms with Crippen LogP contribution in [0.2, 0.25) is 0 Å². The Kier molecular flexibility index (Phi) is 4.95. The van der Waals surface area contributed by atoms with Crippen molar-refractivity contribution in [1.29, 1.82) is 0 Å². The molecule has 0 saturated carbocycles. The van der Waals surface area contributed by atoms with E-state index in [1.54, 1.807) is 17.7 Å². The molecule has 126 valence electrons. The lowest BCUT2D eigenvalue weighted by Gasteiger charge is -2.17. The lowest BCUT2D eigenvalue weighted by molar-refractivity contribution is -0.275. The zero-order valence-corrected chi connectivity index (χ0v) is 12.8. The van der Waals surface area contributed by atoms with Crippen molar-refractivity contribution in [2.75, 3.05) is 0 Å². The molecule has 1 N–H and O–H groups in total. The zero-order valence-electron chi connectivity index (χ0n) is 12.0. The Morgan fingerprint density at radius 3 is 2.65 bits per heavy atom. The molecule has 0 bridgehead atoms. The summed E-state index contributed by atoms with van der Waals surface area (Å²) in [5.41, 5.74) is 0. The highest BCUT2D eigenvalue weighted by molar-refractivity contribution is 7.89. The van der Waals surface area contributed by atoms with Gasteiger partial charge in [-0.2, -0.15) is 0 Å². The average molecular weight is 349 g/mol. The van der Waals surface area contributed by atoms with Crippen molar-refractivity contribution >= 4 is 10.0 Å². The van der Waals surface area contributed by atoms with Crippen LogP contribution >= 0.6 is 0 Å². The van der Waals surface area contributed by atoms with Crippen molar-refractivity contribution < 1.29 is 26.3 Å². The summed E-state index contributed by atoms with van der Waals surface area (Å²) >= 11 is 0. The van der Waals surface area contributed by atoms with E-state index < -0.39 is 33.1 Å². The van der Waals surface area contributed by atoms with Crippen molar-refractivity contribution in [3.05, 3.63) is 43.0 Å². The fraction of sp³-hybridized carbons (Fsp3) is 0.308. The van der Waals surface area contributed by atoms with Crippen LogP contribution in [0.4, 0.5) is 13.2 Å². The number of nitrogens with zero attached hydrogens (tertiary/aromatic N) is 2. The average Bonchev–Trinajstić information content (AvgIpc) is 2.89. The molecule has 2 rings (SSSR count). The Labute approximate surface area is 131 Å². The van der Waals surface area contributed by atoms with E-state index in [9.17, 15) is 21.6 Å². The van der Waals surface area contributed by atoms with Gasteiger partial charge >= 0.3 is 6.36 Å². The van der Waals surface area contributed by atoms with Crippen LogP contribution in [0.25, 0.3) is 0 Å².